The molecule has 0 unspecified atom stereocenters. The zero-order chi connectivity index (χ0) is 7.61. The highest BCUT2D eigenvalue weighted by Crippen LogP contribution is 2.11. The number of nitrogens with one attached hydrogen (secondary N) is 1. The van der Waals surface area contributed by atoms with E-state index < -0.39 is 10.0 Å². The Morgan fingerprint density at radius 1 is 1.60 bits per heavy atom. The number of hydrogen-bond acceptors (Lipinski definition) is 4. The Hall–Kier alpha value is -0.430. The third-order valence-electron chi connectivity index (χ3n) is 0.926. The van der Waals surface area contributed by atoms with Crippen molar-refractivity contribution in [3.63, 3.8) is 0 Å². The highest BCUT2D eigenvalue weighted by molar-refractivity contribution is 7.89. The van der Waals surface area contributed by atoms with Gasteiger partial charge in [-0.1, -0.05) is 4.89 Å². The highest BCUT2D eigenvalue weighted by Gasteiger charge is 2.11. The zero-order valence-corrected chi connectivity index (χ0v) is 6.45. The summed E-state index contributed by atoms with van der Waals surface area (Å²) in [6, 6.07) is 1.41. The van der Waals surface area contributed by atoms with Crippen LogP contribution in [0.5, 0.6) is 0 Å². The van der Waals surface area contributed by atoms with Gasteiger partial charge in [0.15, 0.2) is 0 Å². The lowest BCUT2D eigenvalue weighted by molar-refractivity contribution is 0.242. The van der Waals surface area contributed by atoms with Gasteiger partial charge in [-0.05, 0) is 11.4 Å². The molecule has 0 amide bonds. The third-order valence-corrected chi connectivity index (χ3v) is 2.87. The predicted molar refractivity (Wildman–Crippen MR) is 36.4 cm³/mol. The van der Waals surface area contributed by atoms with E-state index in [1.54, 1.807) is 5.38 Å². The molecular formula is C4H5NO3S2. The van der Waals surface area contributed by atoms with E-state index in [-0.39, 0.29) is 4.90 Å². The van der Waals surface area contributed by atoms with Crippen molar-refractivity contribution in [1.82, 2.24) is 4.89 Å². The van der Waals surface area contributed by atoms with Gasteiger partial charge in [-0.15, -0.1) is 0 Å². The second-order valence-electron chi connectivity index (χ2n) is 1.55. The molecule has 1 rings (SSSR count). The molecule has 1 aromatic heterocycles. The maximum atomic E-state index is 10.7. The second-order valence-corrected chi connectivity index (χ2v) is 3.99. The summed E-state index contributed by atoms with van der Waals surface area (Å²) >= 11 is 1.25. The van der Waals surface area contributed by atoms with Gasteiger partial charge < -0.3 is 5.21 Å². The first-order chi connectivity index (χ1) is 4.67. The molecule has 0 aliphatic heterocycles. The van der Waals surface area contributed by atoms with E-state index in [9.17, 15) is 8.42 Å². The third kappa shape index (κ3) is 1.35. The molecule has 0 fully saturated rings. The highest BCUT2D eigenvalue weighted by atomic mass is 32.2. The van der Waals surface area contributed by atoms with Crippen LogP contribution in [-0.4, -0.2) is 13.6 Å². The fourth-order valence-corrected chi connectivity index (χ4v) is 2.09. The number of hydrogen-bond donors (Lipinski definition) is 2. The topological polar surface area (TPSA) is 66.4 Å². The molecule has 0 bridgehead atoms. The molecule has 0 saturated carbocycles. The van der Waals surface area contributed by atoms with Crippen molar-refractivity contribution < 1.29 is 13.6 Å². The molecule has 10 heavy (non-hydrogen) atoms. The second kappa shape index (κ2) is 2.67. The number of rotatable bonds is 2. The SMILES string of the molecule is O=S(=O)(NO)c1ccsc1. The van der Waals surface area contributed by atoms with E-state index in [0.29, 0.717) is 0 Å². The molecule has 6 heteroatoms. The van der Waals surface area contributed by atoms with E-state index in [0.717, 1.165) is 0 Å². The van der Waals surface area contributed by atoms with Crippen LogP contribution in [0, 0.1) is 0 Å². The van der Waals surface area contributed by atoms with Crippen LogP contribution in [0.15, 0.2) is 21.7 Å². The summed E-state index contributed by atoms with van der Waals surface area (Å²) in [6.45, 7) is 0. The maximum Gasteiger partial charge on any atom is 0.263 e. The summed E-state index contributed by atoms with van der Waals surface area (Å²) < 4.78 is 21.4. The lowest BCUT2D eigenvalue weighted by Crippen LogP contribution is -2.18. The lowest BCUT2D eigenvalue weighted by Gasteiger charge is -1.94. The van der Waals surface area contributed by atoms with Crippen molar-refractivity contribution in [1.29, 1.82) is 0 Å². The molecule has 4 nitrogen and oxygen atoms in total. The zero-order valence-electron chi connectivity index (χ0n) is 4.81. The van der Waals surface area contributed by atoms with Gasteiger partial charge >= 0.3 is 0 Å². The summed E-state index contributed by atoms with van der Waals surface area (Å²) in [4.78, 5) is 1.31. The van der Waals surface area contributed by atoms with Crippen LogP contribution in [0.3, 0.4) is 0 Å². The predicted octanol–water partition coefficient (Wildman–Crippen LogP) is 0.416. The molecular weight excluding hydrogens is 174 g/mol. The Balaban J connectivity index is 3.09. The molecule has 1 aromatic rings. The minimum absolute atomic E-state index is 0.0833. The Bertz CT molecular complexity index is 288. The molecule has 56 valence electrons. The van der Waals surface area contributed by atoms with Gasteiger partial charge in [0.05, 0.1) is 4.90 Å². The largest absolute Gasteiger partial charge is 0.302 e. The number of thiophene rings is 1. The van der Waals surface area contributed by atoms with Gasteiger partial charge in [0, 0.05) is 5.38 Å². The van der Waals surface area contributed by atoms with E-state index >= 15 is 0 Å². The first kappa shape index (κ1) is 7.67. The average molecular weight is 179 g/mol. The molecule has 0 spiro atoms. The van der Waals surface area contributed by atoms with Crippen LogP contribution in [-0.2, 0) is 10.0 Å². The number of sulfonamides is 1. The fourth-order valence-electron chi connectivity index (χ4n) is 0.458. The summed E-state index contributed by atoms with van der Waals surface area (Å²) in [6.07, 6.45) is 0. The van der Waals surface area contributed by atoms with Crippen molar-refractivity contribution in [2.75, 3.05) is 0 Å². The van der Waals surface area contributed by atoms with E-state index in [1.807, 2.05) is 0 Å². The lowest BCUT2D eigenvalue weighted by atomic mass is 10.7. The summed E-state index contributed by atoms with van der Waals surface area (Å²) in [5.74, 6) is 0. The van der Waals surface area contributed by atoms with E-state index in [1.165, 1.54) is 27.7 Å². The van der Waals surface area contributed by atoms with Gasteiger partial charge in [-0.25, -0.2) is 8.42 Å². The minimum atomic E-state index is -3.64. The fraction of sp³-hybridized carbons (Fsp3) is 0. The van der Waals surface area contributed by atoms with Crippen molar-refractivity contribution >= 4 is 21.4 Å². The quantitative estimate of drug-likeness (QED) is 0.646. The first-order valence-electron chi connectivity index (χ1n) is 2.35. The van der Waals surface area contributed by atoms with E-state index in [2.05, 4.69) is 0 Å². The van der Waals surface area contributed by atoms with Crippen LogP contribution >= 0.6 is 11.3 Å². The van der Waals surface area contributed by atoms with Crippen LogP contribution < -0.4 is 4.89 Å². The van der Waals surface area contributed by atoms with Gasteiger partial charge in [0.25, 0.3) is 10.0 Å². The van der Waals surface area contributed by atoms with Gasteiger partial charge in [0.1, 0.15) is 0 Å². The van der Waals surface area contributed by atoms with Crippen molar-refractivity contribution in [2.45, 2.75) is 4.90 Å². The van der Waals surface area contributed by atoms with Crippen LogP contribution in [0.1, 0.15) is 0 Å². The van der Waals surface area contributed by atoms with Gasteiger partial charge in [0.2, 0.25) is 0 Å². The molecule has 0 aliphatic rings. The smallest absolute Gasteiger partial charge is 0.263 e. The van der Waals surface area contributed by atoms with Crippen molar-refractivity contribution in [2.24, 2.45) is 0 Å². The Labute approximate surface area is 62.1 Å². The molecule has 1 heterocycles. The Kier molecular flexibility index (Phi) is 2.05. The minimum Gasteiger partial charge on any atom is -0.302 e. The maximum absolute atomic E-state index is 10.7. The normalized spacial score (nSPS) is 11.7. The van der Waals surface area contributed by atoms with Crippen molar-refractivity contribution in [3.8, 4) is 0 Å². The Morgan fingerprint density at radius 2 is 2.30 bits per heavy atom. The summed E-state index contributed by atoms with van der Waals surface area (Å²) in [5, 5.41) is 11.2. The first-order valence-corrected chi connectivity index (χ1v) is 4.77. The summed E-state index contributed by atoms with van der Waals surface area (Å²) in [5.41, 5.74) is 0. The summed E-state index contributed by atoms with van der Waals surface area (Å²) in [7, 11) is -3.64. The molecule has 0 radical (unpaired) electrons. The Morgan fingerprint density at radius 3 is 2.70 bits per heavy atom. The van der Waals surface area contributed by atoms with Crippen molar-refractivity contribution in [3.05, 3.63) is 16.8 Å². The average Bonchev–Trinajstić information content (AvgIpc) is 2.38. The van der Waals surface area contributed by atoms with Crippen LogP contribution in [0.25, 0.3) is 0 Å². The van der Waals surface area contributed by atoms with E-state index in [4.69, 9.17) is 5.21 Å². The van der Waals surface area contributed by atoms with Gasteiger partial charge in [-0.2, -0.15) is 11.3 Å². The molecule has 0 aliphatic carbocycles. The molecule has 0 saturated heterocycles. The molecule has 0 atom stereocenters. The monoisotopic (exact) mass is 179 g/mol. The van der Waals surface area contributed by atoms with Gasteiger partial charge in [-0.3, -0.25) is 0 Å². The molecule has 2 N–H and O–H groups in total. The molecule has 0 aromatic carbocycles. The van der Waals surface area contributed by atoms with Crippen LogP contribution in [0.4, 0.5) is 0 Å². The van der Waals surface area contributed by atoms with Crippen LogP contribution in [0.2, 0.25) is 0 Å². The standard InChI is InChI=1S/C4H5NO3S2/c6-5-10(7,8)4-1-2-9-3-4/h1-3,5-6H.